The molecule has 14 heavy (non-hydrogen) atoms. The topological polar surface area (TPSA) is 30.7 Å². The normalized spacial score (nSPS) is 10.8. The van der Waals surface area contributed by atoms with Crippen molar-refractivity contribution in [3.63, 3.8) is 0 Å². The minimum absolute atomic E-state index is 1.02. The zero-order chi connectivity index (χ0) is 10.4. The molecule has 3 heteroatoms. The molecule has 1 heterocycles. The monoisotopic (exact) mass is 195 g/mol. The fourth-order valence-electron chi connectivity index (χ4n) is 1.56. The molecule has 0 spiro atoms. The summed E-state index contributed by atoms with van der Waals surface area (Å²) in [5.41, 5.74) is 2.44. The lowest BCUT2D eigenvalue weighted by molar-refractivity contribution is 0.528. The Kier molecular flexibility index (Phi) is 4.63. The molecule has 0 radical (unpaired) electrons. The minimum atomic E-state index is 1.02. The van der Waals surface area contributed by atoms with Crippen LogP contribution in [0.1, 0.15) is 50.9 Å². The molecule has 0 saturated carbocycles. The molecule has 0 bridgehead atoms. The van der Waals surface area contributed by atoms with Crippen molar-refractivity contribution in [3.05, 3.63) is 11.4 Å². The van der Waals surface area contributed by atoms with Gasteiger partial charge in [-0.3, -0.25) is 0 Å². The van der Waals surface area contributed by atoms with E-state index in [0.29, 0.717) is 0 Å². The van der Waals surface area contributed by atoms with Crippen molar-refractivity contribution in [2.24, 2.45) is 0 Å². The molecule has 1 aromatic heterocycles. The van der Waals surface area contributed by atoms with E-state index < -0.39 is 0 Å². The molecule has 1 rings (SSSR count). The number of aromatic nitrogens is 3. The largest absolute Gasteiger partial charge is 0.249 e. The quantitative estimate of drug-likeness (QED) is 0.698. The maximum Gasteiger partial charge on any atom is 0.0828 e. The first-order chi connectivity index (χ1) is 6.79. The van der Waals surface area contributed by atoms with Gasteiger partial charge in [-0.25, -0.2) is 4.68 Å². The van der Waals surface area contributed by atoms with E-state index in [-0.39, 0.29) is 0 Å². The summed E-state index contributed by atoms with van der Waals surface area (Å²) in [6, 6.07) is 0. The summed E-state index contributed by atoms with van der Waals surface area (Å²) >= 11 is 0. The maximum absolute atomic E-state index is 4.17. The van der Waals surface area contributed by atoms with Crippen LogP contribution in [0, 0.1) is 6.92 Å². The Balaban J connectivity index is 2.62. The Morgan fingerprint density at radius 2 is 1.86 bits per heavy atom. The first kappa shape index (κ1) is 11.2. The predicted molar refractivity (Wildman–Crippen MR) is 58.3 cm³/mol. The second-order valence-electron chi connectivity index (χ2n) is 3.80. The van der Waals surface area contributed by atoms with Crippen LogP contribution in [-0.4, -0.2) is 15.0 Å². The lowest BCUT2D eigenvalue weighted by Crippen LogP contribution is -2.05. The van der Waals surface area contributed by atoms with Crippen molar-refractivity contribution in [1.82, 2.24) is 15.0 Å². The van der Waals surface area contributed by atoms with Crippen molar-refractivity contribution in [2.75, 3.05) is 0 Å². The highest BCUT2D eigenvalue weighted by molar-refractivity contribution is 5.07. The number of hydrogen-bond acceptors (Lipinski definition) is 2. The predicted octanol–water partition coefficient (Wildman–Crippen LogP) is 2.73. The minimum Gasteiger partial charge on any atom is -0.249 e. The van der Waals surface area contributed by atoms with Gasteiger partial charge >= 0.3 is 0 Å². The van der Waals surface area contributed by atoms with Gasteiger partial charge in [0.05, 0.1) is 11.4 Å². The van der Waals surface area contributed by atoms with Crippen LogP contribution in [0.4, 0.5) is 0 Å². The maximum atomic E-state index is 4.17. The third-order valence-electron chi connectivity index (χ3n) is 2.52. The van der Waals surface area contributed by atoms with Crippen LogP contribution in [0.5, 0.6) is 0 Å². The summed E-state index contributed by atoms with van der Waals surface area (Å²) in [4.78, 5) is 0. The summed E-state index contributed by atoms with van der Waals surface area (Å²) in [5.74, 6) is 0. The summed E-state index contributed by atoms with van der Waals surface area (Å²) < 4.78 is 2.08. The van der Waals surface area contributed by atoms with Crippen LogP contribution in [0.3, 0.4) is 0 Å². The van der Waals surface area contributed by atoms with Crippen LogP contribution in [0.25, 0.3) is 0 Å². The molecule has 0 aliphatic heterocycles. The first-order valence-corrected chi connectivity index (χ1v) is 5.68. The fourth-order valence-corrected chi connectivity index (χ4v) is 1.56. The summed E-state index contributed by atoms with van der Waals surface area (Å²) in [5, 5.41) is 8.31. The highest BCUT2D eigenvalue weighted by Gasteiger charge is 2.07. The first-order valence-electron chi connectivity index (χ1n) is 5.68. The molecule has 0 fully saturated rings. The molecule has 0 N–H and O–H groups in total. The molecule has 0 atom stereocenters. The molecule has 1 aromatic rings. The van der Waals surface area contributed by atoms with Crippen LogP contribution in [-0.2, 0) is 13.0 Å². The molecule has 0 aliphatic carbocycles. The van der Waals surface area contributed by atoms with Gasteiger partial charge in [-0.1, -0.05) is 31.9 Å². The van der Waals surface area contributed by atoms with Crippen LogP contribution >= 0.6 is 0 Å². The van der Waals surface area contributed by atoms with Crippen molar-refractivity contribution < 1.29 is 0 Å². The van der Waals surface area contributed by atoms with E-state index in [0.717, 1.165) is 18.7 Å². The number of hydrogen-bond donors (Lipinski definition) is 0. The Bertz CT molecular complexity index is 265. The lowest BCUT2D eigenvalue weighted by atomic mass is 10.1. The van der Waals surface area contributed by atoms with Gasteiger partial charge in [0, 0.05) is 6.54 Å². The fraction of sp³-hybridized carbons (Fsp3) is 0.818. The van der Waals surface area contributed by atoms with Gasteiger partial charge in [-0.05, 0) is 26.2 Å². The second-order valence-corrected chi connectivity index (χ2v) is 3.80. The summed E-state index contributed by atoms with van der Waals surface area (Å²) in [6.07, 6.45) is 6.01. The van der Waals surface area contributed by atoms with Gasteiger partial charge in [0.25, 0.3) is 0 Å². The Morgan fingerprint density at radius 1 is 1.14 bits per heavy atom. The summed E-state index contributed by atoms with van der Waals surface area (Å²) in [7, 11) is 0. The van der Waals surface area contributed by atoms with Crippen molar-refractivity contribution >= 4 is 0 Å². The zero-order valence-electron chi connectivity index (χ0n) is 9.58. The second kappa shape index (κ2) is 5.78. The average molecular weight is 195 g/mol. The van der Waals surface area contributed by atoms with E-state index in [4.69, 9.17) is 0 Å². The molecule has 0 aliphatic rings. The van der Waals surface area contributed by atoms with Gasteiger partial charge in [0.15, 0.2) is 0 Å². The molecule has 3 nitrogen and oxygen atoms in total. The Hall–Kier alpha value is -0.860. The van der Waals surface area contributed by atoms with Gasteiger partial charge < -0.3 is 0 Å². The SMILES string of the molecule is CCCCc1c(C)nnn1CCCC. The van der Waals surface area contributed by atoms with Crippen LogP contribution < -0.4 is 0 Å². The number of rotatable bonds is 6. The van der Waals surface area contributed by atoms with Gasteiger partial charge in [-0.15, -0.1) is 5.10 Å². The average Bonchev–Trinajstić information content (AvgIpc) is 2.53. The van der Waals surface area contributed by atoms with Gasteiger partial charge in [0.1, 0.15) is 0 Å². The van der Waals surface area contributed by atoms with E-state index in [9.17, 15) is 0 Å². The van der Waals surface area contributed by atoms with E-state index in [1.165, 1.54) is 31.4 Å². The standard InChI is InChI=1S/C11H21N3/c1-4-6-8-11-10(3)12-13-14(11)9-7-5-2/h4-9H2,1-3H3. The number of nitrogens with zero attached hydrogens (tertiary/aromatic N) is 3. The molecule has 0 saturated heterocycles. The third-order valence-corrected chi connectivity index (χ3v) is 2.52. The number of unbranched alkanes of at least 4 members (excludes halogenated alkanes) is 2. The Morgan fingerprint density at radius 3 is 2.50 bits per heavy atom. The van der Waals surface area contributed by atoms with Gasteiger partial charge in [0.2, 0.25) is 0 Å². The highest BCUT2D eigenvalue weighted by Crippen LogP contribution is 2.09. The molecule has 0 amide bonds. The van der Waals surface area contributed by atoms with E-state index in [2.05, 4.69) is 35.8 Å². The van der Waals surface area contributed by atoms with Crippen molar-refractivity contribution in [3.8, 4) is 0 Å². The van der Waals surface area contributed by atoms with E-state index >= 15 is 0 Å². The van der Waals surface area contributed by atoms with E-state index in [1.807, 2.05) is 0 Å². The molecule has 0 aromatic carbocycles. The third kappa shape index (κ3) is 2.82. The number of aryl methyl sites for hydroxylation is 2. The van der Waals surface area contributed by atoms with Crippen LogP contribution in [0.15, 0.2) is 0 Å². The Labute approximate surface area is 86.5 Å². The van der Waals surface area contributed by atoms with Gasteiger partial charge in [-0.2, -0.15) is 0 Å². The van der Waals surface area contributed by atoms with Crippen LogP contribution in [0.2, 0.25) is 0 Å². The lowest BCUT2D eigenvalue weighted by Gasteiger charge is -2.05. The van der Waals surface area contributed by atoms with Crippen molar-refractivity contribution in [2.45, 2.75) is 59.4 Å². The molecule has 0 unspecified atom stereocenters. The summed E-state index contributed by atoms with van der Waals surface area (Å²) in [6.45, 7) is 7.50. The highest BCUT2D eigenvalue weighted by atomic mass is 15.4. The molecular weight excluding hydrogens is 174 g/mol. The molecule has 80 valence electrons. The smallest absolute Gasteiger partial charge is 0.0828 e. The molecular formula is C11H21N3. The van der Waals surface area contributed by atoms with E-state index in [1.54, 1.807) is 0 Å². The zero-order valence-corrected chi connectivity index (χ0v) is 9.58. The van der Waals surface area contributed by atoms with Crippen molar-refractivity contribution in [1.29, 1.82) is 0 Å².